The first-order valence-corrected chi connectivity index (χ1v) is 7.50. The number of imidazole rings is 1. The molecule has 0 saturated carbocycles. The van der Waals surface area contributed by atoms with Gasteiger partial charge in [0.15, 0.2) is 0 Å². The van der Waals surface area contributed by atoms with Crippen molar-refractivity contribution in [3.05, 3.63) is 71.9 Å². The van der Waals surface area contributed by atoms with Gasteiger partial charge in [0.2, 0.25) is 5.88 Å². The summed E-state index contributed by atoms with van der Waals surface area (Å²) >= 11 is 0. The van der Waals surface area contributed by atoms with Crippen LogP contribution in [0.3, 0.4) is 0 Å². The topological polar surface area (TPSA) is 62.8 Å². The van der Waals surface area contributed by atoms with Gasteiger partial charge >= 0.3 is 6.18 Å². The average molecular weight is 348 g/mol. The molecule has 0 aliphatic carbocycles. The predicted octanol–water partition coefficient (Wildman–Crippen LogP) is 3.91. The molecule has 0 amide bonds. The number of aromatic amines is 1. The van der Waals surface area contributed by atoms with Crippen LogP contribution in [0.2, 0.25) is 0 Å². The summed E-state index contributed by atoms with van der Waals surface area (Å²) in [5, 5.41) is 3.17. The highest BCUT2D eigenvalue weighted by atomic mass is 19.4. The number of benzene rings is 1. The first-order chi connectivity index (χ1) is 12.0. The number of alkyl halides is 3. The SMILES string of the molecule is FC(F)(F)c1cccc(Oc2ncccc2CNCc2ncc[nH]2)c1. The molecule has 3 rings (SSSR count). The van der Waals surface area contributed by atoms with Gasteiger partial charge in [0.1, 0.15) is 11.6 Å². The number of hydrogen-bond donors (Lipinski definition) is 2. The van der Waals surface area contributed by atoms with E-state index in [-0.39, 0.29) is 11.6 Å². The van der Waals surface area contributed by atoms with E-state index in [0.717, 1.165) is 23.5 Å². The molecule has 0 aliphatic rings. The summed E-state index contributed by atoms with van der Waals surface area (Å²) in [6.45, 7) is 0.952. The van der Waals surface area contributed by atoms with Crippen molar-refractivity contribution >= 4 is 0 Å². The van der Waals surface area contributed by atoms with Gasteiger partial charge in [-0.3, -0.25) is 0 Å². The Morgan fingerprint density at radius 1 is 1.04 bits per heavy atom. The lowest BCUT2D eigenvalue weighted by Crippen LogP contribution is -2.14. The highest BCUT2D eigenvalue weighted by Gasteiger charge is 2.30. The highest BCUT2D eigenvalue weighted by molar-refractivity contribution is 5.35. The summed E-state index contributed by atoms with van der Waals surface area (Å²) in [4.78, 5) is 11.2. The van der Waals surface area contributed by atoms with Crippen molar-refractivity contribution in [3.8, 4) is 11.6 Å². The molecular formula is C17H15F3N4O. The summed E-state index contributed by atoms with van der Waals surface area (Å²) < 4.78 is 43.9. The third kappa shape index (κ3) is 4.57. The lowest BCUT2D eigenvalue weighted by atomic mass is 10.2. The van der Waals surface area contributed by atoms with Gasteiger partial charge in [-0.25, -0.2) is 9.97 Å². The molecule has 0 atom stereocenters. The summed E-state index contributed by atoms with van der Waals surface area (Å²) in [5.41, 5.74) is -0.0371. The fraction of sp³-hybridized carbons (Fsp3) is 0.176. The number of rotatable bonds is 6. The third-order valence-corrected chi connectivity index (χ3v) is 3.39. The van der Waals surface area contributed by atoms with Crippen LogP contribution in [-0.4, -0.2) is 15.0 Å². The molecule has 0 unspecified atom stereocenters. The van der Waals surface area contributed by atoms with Crippen LogP contribution in [-0.2, 0) is 19.3 Å². The molecule has 8 heteroatoms. The molecule has 5 nitrogen and oxygen atoms in total. The van der Waals surface area contributed by atoms with E-state index in [4.69, 9.17) is 4.74 Å². The molecular weight excluding hydrogens is 333 g/mol. The number of halogens is 3. The first kappa shape index (κ1) is 17.0. The molecule has 0 saturated heterocycles. The maximum Gasteiger partial charge on any atom is 0.416 e. The Bertz CT molecular complexity index is 819. The van der Waals surface area contributed by atoms with E-state index in [1.54, 1.807) is 24.5 Å². The zero-order valence-corrected chi connectivity index (χ0v) is 13.0. The molecule has 130 valence electrons. The predicted molar refractivity (Wildman–Crippen MR) is 84.9 cm³/mol. The van der Waals surface area contributed by atoms with Gasteiger partial charge in [-0.15, -0.1) is 0 Å². The molecule has 0 bridgehead atoms. The number of pyridine rings is 1. The maximum absolute atomic E-state index is 12.8. The summed E-state index contributed by atoms with van der Waals surface area (Å²) in [6, 6.07) is 8.25. The summed E-state index contributed by atoms with van der Waals surface area (Å²) in [6.07, 6.45) is 0.489. The Morgan fingerprint density at radius 2 is 1.92 bits per heavy atom. The van der Waals surface area contributed by atoms with Crippen LogP contribution in [0.1, 0.15) is 17.0 Å². The van der Waals surface area contributed by atoms with Crippen molar-refractivity contribution < 1.29 is 17.9 Å². The molecule has 2 heterocycles. The minimum absolute atomic E-state index is 0.0841. The number of hydrogen-bond acceptors (Lipinski definition) is 4. The monoisotopic (exact) mass is 348 g/mol. The van der Waals surface area contributed by atoms with Crippen molar-refractivity contribution in [2.45, 2.75) is 19.3 Å². The van der Waals surface area contributed by atoms with Crippen LogP contribution in [0.5, 0.6) is 11.6 Å². The van der Waals surface area contributed by atoms with E-state index < -0.39 is 11.7 Å². The highest BCUT2D eigenvalue weighted by Crippen LogP contribution is 2.32. The number of aromatic nitrogens is 3. The molecule has 3 aromatic rings. The van der Waals surface area contributed by atoms with Crippen molar-refractivity contribution in [3.63, 3.8) is 0 Å². The van der Waals surface area contributed by atoms with E-state index in [9.17, 15) is 13.2 Å². The molecule has 0 fully saturated rings. The van der Waals surface area contributed by atoms with E-state index in [1.165, 1.54) is 18.3 Å². The standard InChI is InChI=1S/C17H15F3N4O/c18-17(19,20)13-4-1-5-14(9-13)25-16-12(3-2-6-24-16)10-21-11-15-22-7-8-23-15/h1-9,21H,10-11H2,(H,22,23). The molecule has 25 heavy (non-hydrogen) atoms. The van der Waals surface area contributed by atoms with Gasteiger partial charge in [0.25, 0.3) is 0 Å². The minimum atomic E-state index is -4.42. The maximum atomic E-state index is 12.8. The molecule has 2 aromatic heterocycles. The van der Waals surface area contributed by atoms with E-state index in [0.29, 0.717) is 13.1 Å². The zero-order chi connectivity index (χ0) is 17.7. The van der Waals surface area contributed by atoms with Gasteiger partial charge in [0.05, 0.1) is 12.1 Å². The van der Waals surface area contributed by atoms with Crippen LogP contribution >= 0.6 is 0 Å². The fourth-order valence-electron chi connectivity index (χ4n) is 2.21. The second-order valence-electron chi connectivity index (χ2n) is 5.23. The van der Waals surface area contributed by atoms with Crippen LogP contribution in [0.15, 0.2) is 55.0 Å². The van der Waals surface area contributed by atoms with Gasteiger partial charge in [-0.2, -0.15) is 13.2 Å². The Morgan fingerprint density at radius 3 is 2.68 bits per heavy atom. The van der Waals surface area contributed by atoms with Crippen LogP contribution < -0.4 is 10.1 Å². The van der Waals surface area contributed by atoms with E-state index in [1.807, 2.05) is 0 Å². The summed E-state index contributed by atoms with van der Waals surface area (Å²) in [7, 11) is 0. The molecule has 0 spiro atoms. The van der Waals surface area contributed by atoms with E-state index in [2.05, 4.69) is 20.3 Å². The summed E-state index contributed by atoms with van der Waals surface area (Å²) in [5.74, 6) is 1.12. The van der Waals surface area contributed by atoms with E-state index >= 15 is 0 Å². The Balaban J connectivity index is 1.70. The molecule has 1 aromatic carbocycles. The molecule has 2 N–H and O–H groups in total. The van der Waals surface area contributed by atoms with Crippen LogP contribution in [0.4, 0.5) is 13.2 Å². The van der Waals surface area contributed by atoms with Crippen LogP contribution in [0, 0.1) is 0 Å². The number of H-pyrrole nitrogens is 1. The van der Waals surface area contributed by atoms with Gasteiger partial charge in [0, 0.05) is 30.7 Å². The van der Waals surface area contributed by atoms with Crippen molar-refractivity contribution in [2.75, 3.05) is 0 Å². The van der Waals surface area contributed by atoms with Gasteiger partial charge in [-0.05, 0) is 24.3 Å². The van der Waals surface area contributed by atoms with Crippen molar-refractivity contribution in [2.24, 2.45) is 0 Å². The number of nitrogens with zero attached hydrogens (tertiary/aromatic N) is 2. The lowest BCUT2D eigenvalue weighted by Gasteiger charge is -2.12. The largest absolute Gasteiger partial charge is 0.439 e. The second-order valence-corrected chi connectivity index (χ2v) is 5.23. The van der Waals surface area contributed by atoms with Crippen molar-refractivity contribution in [1.82, 2.24) is 20.3 Å². The second kappa shape index (κ2) is 7.35. The number of ether oxygens (including phenoxy) is 1. The van der Waals surface area contributed by atoms with Crippen LogP contribution in [0.25, 0.3) is 0 Å². The Kier molecular flexibility index (Phi) is 4.99. The van der Waals surface area contributed by atoms with Gasteiger partial charge in [-0.1, -0.05) is 12.1 Å². The number of nitrogens with one attached hydrogen (secondary N) is 2. The zero-order valence-electron chi connectivity index (χ0n) is 13.0. The average Bonchev–Trinajstić information content (AvgIpc) is 3.09. The fourth-order valence-corrected chi connectivity index (χ4v) is 2.21. The Hall–Kier alpha value is -2.87. The lowest BCUT2D eigenvalue weighted by molar-refractivity contribution is -0.137. The molecule has 0 radical (unpaired) electrons. The van der Waals surface area contributed by atoms with Crippen molar-refractivity contribution in [1.29, 1.82) is 0 Å². The smallest absolute Gasteiger partial charge is 0.416 e. The van der Waals surface area contributed by atoms with Gasteiger partial charge < -0.3 is 15.0 Å². The normalized spacial score (nSPS) is 11.5. The first-order valence-electron chi connectivity index (χ1n) is 7.50. The molecule has 0 aliphatic heterocycles. The quantitative estimate of drug-likeness (QED) is 0.709. The minimum Gasteiger partial charge on any atom is -0.439 e. The third-order valence-electron chi connectivity index (χ3n) is 3.39. The Labute approximate surface area is 141 Å².